The molecule has 0 aliphatic carbocycles. The van der Waals surface area contributed by atoms with Crippen LogP contribution in [0, 0.1) is 17.6 Å². The van der Waals surface area contributed by atoms with Gasteiger partial charge in [0.15, 0.2) is 11.6 Å². The Morgan fingerprint density at radius 2 is 1.68 bits per heavy atom. The normalized spacial score (nSPS) is 19.5. The van der Waals surface area contributed by atoms with Crippen molar-refractivity contribution in [2.24, 2.45) is 5.92 Å². The summed E-state index contributed by atoms with van der Waals surface area (Å²) in [7, 11) is 0. The number of nitrogens with zero attached hydrogens (tertiary/aromatic N) is 2. The maximum Gasteiger partial charge on any atom is 0.257 e. The molecule has 8 heteroatoms. The van der Waals surface area contributed by atoms with E-state index in [9.17, 15) is 23.1 Å². The van der Waals surface area contributed by atoms with E-state index >= 15 is 0 Å². The van der Waals surface area contributed by atoms with Crippen LogP contribution < -0.4 is 4.74 Å². The Morgan fingerprint density at radius 1 is 1.00 bits per heavy atom. The van der Waals surface area contributed by atoms with Gasteiger partial charge in [-0.05, 0) is 81.3 Å². The minimum Gasteiger partial charge on any atom is -0.493 e. The number of benzene rings is 2. The number of piperidine rings is 2. The van der Waals surface area contributed by atoms with Gasteiger partial charge in [-0.15, -0.1) is 0 Å². The highest BCUT2D eigenvalue weighted by Gasteiger charge is 2.30. The van der Waals surface area contributed by atoms with Gasteiger partial charge >= 0.3 is 0 Å². The van der Waals surface area contributed by atoms with Crippen LogP contribution in [0.3, 0.4) is 0 Å². The summed E-state index contributed by atoms with van der Waals surface area (Å²) in [5.74, 6) is -1.83. The second kappa shape index (κ2) is 12.5. The number of rotatable bonds is 9. The number of hydrogen-bond acceptors (Lipinski definition) is 4. The van der Waals surface area contributed by atoms with Crippen LogP contribution in [0.25, 0.3) is 11.1 Å². The summed E-state index contributed by atoms with van der Waals surface area (Å²) in [4.78, 5) is 16.3. The molecule has 1 N–H and O–H groups in total. The first-order valence-electron chi connectivity index (χ1n) is 13.8. The summed E-state index contributed by atoms with van der Waals surface area (Å²) in [6.45, 7) is 7.11. The second-order valence-electron chi connectivity index (χ2n) is 10.7. The lowest BCUT2D eigenvalue weighted by Gasteiger charge is -2.36. The third kappa shape index (κ3) is 6.70. The molecule has 2 aliphatic heterocycles. The first-order chi connectivity index (χ1) is 18.2. The van der Waals surface area contributed by atoms with Gasteiger partial charge in [-0.25, -0.2) is 13.2 Å². The van der Waals surface area contributed by atoms with Crippen molar-refractivity contribution in [1.29, 1.82) is 0 Å². The summed E-state index contributed by atoms with van der Waals surface area (Å²) < 4.78 is 50.5. The molecule has 38 heavy (non-hydrogen) atoms. The Balaban J connectivity index is 1.32. The summed E-state index contributed by atoms with van der Waals surface area (Å²) in [5.41, 5.74) is -0.885. The molecule has 4 rings (SSSR count). The van der Waals surface area contributed by atoms with E-state index in [4.69, 9.17) is 4.74 Å². The number of amides is 1. The second-order valence-corrected chi connectivity index (χ2v) is 10.7. The quantitative estimate of drug-likeness (QED) is 0.440. The standard InChI is InChI=1S/C30H39F3N2O3/c1-3-30(33,4-2)20-34-16-13-21(14-17-34)19-38-24-9-7-22(8-10-24)25-11-12-26(28(32)27(25)31)29(37)35-15-5-6-23(36)18-35/h7-12,21,23,36H,3-6,13-20H2,1-2H3/t23-/m1/s1. The van der Waals surface area contributed by atoms with Gasteiger partial charge in [0.05, 0.1) is 18.3 Å². The van der Waals surface area contributed by atoms with E-state index in [0.29, 0.717) is 62.6 Å². The SMILES string of the molecule is CCC(F)(CC)CN1CCC(COc2ccc(-c3ccc(C(=O)N4CCC[C@@H](O)C4)c(F)c3F)cc2)CC1. The molecule has 2 aromatic rings. The Hall–Kier alpha value is -2.58. The van der Waals surface area contributed by atoms with E-state index in [1.54, 1.807) is 24.3 Å². The molecule has 0 bridgehead atoms. The van der Waals surface area contributed by atoms with Crippen LogP contribution in [0.5, 0.6) is 5.75 Å². The Morgan fingerprint density at radius 3 is 2.32 bits per heavy atom. The van der Waals surface area contributed by atoms with E-state index in [2.05, 4.69) is 4.90 Å². The number of aliphatic hydroxyl groups is 1. The van der Waals surface area contributed by atoms with Crippen molar-refractivity contribution in [3.8, 4) is 16.9 Å². The van der Waals surface area contributed by atoms with Crippen LogP contribution in [0.1, 0.15) is 62.7 Å². The molecule has 2 heterocycles. The van der Waals surface area contributed by atoms with Crippen molar-refractivity contribution in [1.82, 2.24) is 9.80 Å². The van der Waals surface area contributed by atoms with Crippen LogP contribution in [-0.2, 0) is 0 Å². The molecule has 2 fully saturated rings. The molecule has 2 aliphatic rings. The number of hydrogen-bond donors (Lipinski definition) is 1. The molecular weight excluding hydrogens is 493 g/mol. The molecule has 2 saturated heterocycles. The fraction of sp³-hybridized carbons (Fsp3) is 0.567. The van der Waals surface area contributed by atoms with Crippen LogP contribution >= 0.6 is 0 Å². The van der Waals surface area contributed by atoms with Gasteiger partial charge in [-0.2, -0.15) is 0 Å². The smallest absolute Gasteiger partial charge is 0.257 e. The third-order valence-electron chi connectivity index (χ3n) is 8.13. The number of halogens is 3. The maximum atomic E-state index is 15.0. The Kier molecular flexibility index (Phi) is 9.36. The first kappa shape index (κ1) is 28.4. The highest BCUT2D eigenvalue weighted by Crippen LogP contribution is 2.30. The fourth-order valence-electron chi connectivity index (χ4n) is 5.38. The zero-order chi connectivity index (χ0) is 27.3. The van der Waals surface area contributed by atoms with Gasteiger partial charge < -0.3 is 19.6 Å². The van der Waals surface area contributed by atoms with Gasteiger partial charge in [-0.1, -0.05) is 32.0 Å². The van der Waals surface area contributed by atoms with Crippen molar-refractivity contribution < 1.29 is 27.8 Å². The highest BCUT2D eigenvalue weighted by molar-refractivity contribution is 5.95. The van der Waals surface area contributed by atoms with E-state index in [0.717, 1.165) is 25.9 Å². The van der Waals surface area contributed by atoms with E-state index in [1.807, 2.05) is 13.8 Å². The number of carbonyl (C=O) groups excluding carboxylic acids is 1. The third-order valence-corrected chi connectivity index (χ3v) is 8.13. The topological polar surface area (TPSA) is 53.0 Å². The minimum atomic E-state index is -1.18. The maximum absolute atomic E-state index is 15.0. The predicted octanol–water partition coefficient (Wildman–Crippen LogP) is 5.85. The lowest BCUT2D eigenvalue weighted by Crippen LogP contribution is -2.44. The predicted molar refractivity (Wildman–Crippen MR) is 142 cm³/mol. The van der Waals surface area contributed by atoms with E-state index in [1.165, 1.54) is 17.0 Å². The van der Waals surface area contributed by atoms with Crippen molar-refractivity contribution in [3.05, 3.63) is 53.6 Å². The van der Waals surface area contributed by atoms with E-state index < -0.39 is 29.3 Å². The van der Waals surface area contributed by atoms with Crippen LogP contribution in [0.2, 0.25) is 0 Å². The molecule has 0 aromatic heterocycles. The first-order valence-corrected chi connectivity index (χ1v) is 13.8. The average Bonchev–Trinajstić information content (AvgIpc) is 2.94. The van der Waals surface area contributed by atoms with Crippen LogP contribution in [0.4, 0.5) is 13.2 Å². The fourth-order valence-corrected chi connectivity index (χ4v) is 5.38. The molecule has 0 spiro atoms. The largest absolute Gasteiger partial charge is 0.493 e. The van der Waals surface area contributed by atoms with Gasteiger partial charge in [0, 0.05) is 25.2 Å². The summed E-state index contributed by atoms with van der Waals surface area (Å²) in [6.07, 6.45) is 3.55. The number of carbonyl (C=O) groups is 1. The Labute approximate surface area is 223 Å². The number of β-amino-alcohol motifs (C(OH)–C–C–N with tert-alkyl or cyclic N) is 1. The molecule has 0 saturated carbocycles. The number of ether oxygens (including phenoxy) is 1. The molecule has 2 aromatic carbocycles. The van der Waals surface area contributed by atoms with Crippen LogP contribution in [-0.4, -0.2) is 71.9 Å². The molecule has 0 radical (unpaired) electrons. The van der Waals surface area contributed by atoms with Gasteiger partial charge in [0.25, 0.3) is 5.91 Å². The molecule has 1 amide bonds. The zero-order valence-electron chi connectivity index (χ0n) is 22.4. The average molecular weight is 533 g/mol. The molecule has 5 nitrogen and oxygen atoms in total. The highest BCUT2D eigenvalue weighted by atomic mass is 19.2. The number of alkyl halides is 1. The molecule has 208 valence electrons. The lowest BCUT2D eigenvalue weighted by atomic mass is 9.94. The zero-order valence-corrected chi connectivity index (χ0v) is 22.4. The molecule has 0 unspecified atom stereocenters. The van der Waals surface area contributed by atoms with Crippen molar-refractivity contribution in [3.63, 3.8) is 0 Å². The van der Waals surface area contributed by atoms with Gasteiger partial charge in [-0.3, -0.25) is 4.79 Å². The van der Waals surface area contributed by atoms with Gasteiger partial charge in [0.2, 0.25) is 0 Å². The van der Waals surface area contributed by atoms with Crippen molar-refractivity contribution in [2.45, 2.75) is 64.1 Å². The lowest BCUT2D eigenvalue weighted by molar-refractivity contribution is 0.0469. The summed E-state index contributed by atoms with van der Waals surface area (Å²) in [6, 6.07) is 9.54. The number of aliphatic hydroxyl groups excluding tert-OH is 1. The summed E-state index contributed by atoms with van der Waals surface area (Å²) >= 11 is 0. The van der Waals surface area contributed by atoms with Crippen LogP contribution in [0.15, 0.2) is 36.4 Å². The minimum absolute atomic E-state index is 0.0692. The molecule has 1 atom stereocenters. The van der Waals surface area contributed by atoms with Gasteiger partial charge in [0.1, 0.15) is 11.4 Å². The monoisotopic (exact) mass is 532 g/mol. The van der Waals surface area contributed by atoms with Crippen molar-refractivity contribution in [2.75, 3.05) is 39.3 Å². The van der Waals surface area contributed by atoms with E-state index in [-0.39, 0.29) is 17.7 Å². The van der Waals surface area contributed by atoms with Crippen molar-refractivity contribution >= 4 is 5.91 Å². The summed E-state index contributed by atoms with van der Waals surface area (Å²) in [5, 5.41) is 9.80. The number of likely N-dealkylation sites (tertiary alicyclic amines) is 2. The Bertz CT molecular complexity index is 1080. The molecular formula is C30H39F3N2O3.